The molecule has 2 aromatic rings. The summed E-state index contributed by atoms with van der Waals surface area (Å²) in [6.07, 6.45) is 4.08. The Kier molecular flexibility index (Phi) is 4.31. The van der Waals surface area contributed by atoms with Gasteiger partial charge in [0.1, 0.15) is 4.99 Å². The van der Waals surface area contributed by atoms with Crippen LogP contribution in [-0.2, 0) is 4.74 Å². The first-order valence-corrected chi connectivity index (χ1v) is 7.65. The Balaban J connectivity index is 1.90. The van der Waals surface area contributed by atoms with Crippen molar-refractivity contribution in [3.8, 4) is 0 Å². The second kappa shape index (κ2) is 6.37. The van der Waals surface area contributed by atoms with E-state index in [2.05, 4.69) is 10.3 Å². The van der Waals surface area contributed by atoms with E-state index in [-0.39, 0.29) is 0 Å². The fourth-order valence-corrected chi connectivity index (χ4v) is 2.89. The van der Waals surface area contributed by atoms with Crippen molar-refractivity contribution in [3.63, 3.8) is 0 Å². The molecule has 0 saturated carbocycles. The number of para-hydroxylation sites is 1. The van der Waals surface area contributed by atoms with E-state index in [0.29, 0.717) is 10.9 Å². The molecule has 1 aliphatic heterocycles. The molecule has 1 fully saturated rings. The summed E-state index contributed by atoms with van der Waals surface area (Å²) >= 11 is 5.16. The SMILES string of the molecule is NC(=S)c1cnc2ccccc2c1NCC1CCCOC1. The molecule has 1 aliphatic rings. The van der Waals surface area contributed by atoms with E-state index in [0.717, 1.165) is 48.3 Å². The Morgan fingerprint density at radius 1 is 1.43 bits per heavy atom. The predicted octanol–water partition coefficient (Wildman–Crippen LogP) is 2.71. The number of hydrogen-bond donors (Lipinski definition) is 2. The molecule has 1 atom stereocenters. The Morgan fingerprint density at radius 3 is 3.05 bits per heavy atom. The van der Waals surface area contributed by atoms with Gasteiger partial charge in [-0.3, -0.25) is 4.98 Å². The number of thiocarbonyl (C=S) groups is 1. The van der Waals surface area contributed by atoms with Gasteiger partial charge in [0, 0.05) is 24.7 Å². The third-order valence-electron chi connectivity index (χ3n) is 3.86. The highest BCUT2D eigenvalue weighted by molar-refractivity contribution is 7.80. The van der Waals surface area contributed by atoms with Crippen molar-refractivity contribution in [2.75, 3.05) is 25.1 Å². The van der Waals surface area contributed by atoms with Crippen molar-refractivity contribution in [2.45, 2.75) is 12.8 Å². The van der Waals surface area contributed by atoms with Crippen LogP contribution >= 0.6 is 12.2 Å². The maximum absolute atomic E-state index is 5.84. The predicted molar refractivity (Wildman–Crippen MR) is 89.7 cm³/mol. The highest BCUT2D eigenvalue weighted by Gasteiger charge is 2.16. The average Bonchev–Trinajstić information content (AvgIpc) is 2.53. The molecule has 5 heteroatoms. The molecular formula is C16H19N3OS. The van der Waals surface area contributed by atoms with Crippen LogP contribution in [0.5, 0.6) is 0 Å². The van der Waals surface area contributed by atoms with Crippen LogP contribution in [0.1, 0.15) is 18.4 Å². The molecule has 2 heterocycles. The Hall–Kier alpha value is -1.72. The van der Waals surface area contributed by atoms with Crippen LogP contribution in [0.25, 0.3) is 10.9 Å². The minimum atomic E-state index is 0.371. The number of fused-ring (bicyclic) bond motifs is 1. The van der Waals surface area contributed by atoms with Gasteiger partial charge in [0.2, 0.25) is 0 Å². The van der Waals surface area contributed by atoms with E-state index in [1.807, 2.05) is 24.3 Å². The second-order valence-corrected chi connectivity index (χ2v) is 5.83. The molecule has 1 unspecified atom stereocenters. The number of hydrogen-bond acceptors (Lipinski definition) is 4. The number of rotatable bonds is 4. The van der Waals surface area contributed by atoms with Gasteiger partial charge in [0.15, 0.2) is 0 Å². The van der Waals surface area contributed by atoms with E-state index in [1.165, 1.54) is 6.42 Å². The molecule has 3 N–H and O–H groups in total. The quantitative estimate of drug-likeness (QED) is 0.850. The number of benzene rings is 1. The van der Waals surface area contributed by atoms with E-state index in [9.17, 15) is 0 Å². The monoisotopic (exact) mass is 301 g/mol. The molecule has 0 spiro atoms. The fourth-order valence-electron chi connectivity index (χ4n) is 2.73. The zero-order valence-electron chi connectivity index (χ0n) is 11.8. The third-order valence-corrected chi connectivity index (χ3v) is 4.08. The maximum atomic E-state index is 5.84. The van der Waals surface area contributed by atoms with E-state index < -0.39 is 0 Å². The molecule has 1 saturated heterocycles. The summed E-state index contributed by atoms with van der Waals surface area (Å²) in [6.45, 7) is 2.56. The van der Waals surface area contributed by atoms with Crippen molar-refractivity contribution in [2.24, 2.45) is 11.7 Å². The van der Waals surface area contributed by atoms with Crippen LogP contribution < -0.4 is 11.1 Å². The van der Waals surface area contributed by atoms with Gasteiger partial charge in [0.05, 0.1) is 23.4 Å². The number of nitrogens with two attached hydrogens (primary N) is 1. The summed E-state index contributed by atoms with van der Waals surface area (Å²) in [7, 11) is 0. The van der Waals surface area contributed by atoms with Crippen molar-refractivity contribution in [1.29, 1.82) is 0 Å². The summed E-state index contributed by atoms with van der Waals surface area (Å²) in [5.74, 6) is 0.532. The van der Waals surface area contributed by atoms with Crippen molar-refractivity contribution >= 4 is 33.8 Å². The first-order valence-electron chi connectivity index (χ1n) is 7.25. The lowest BCUT2D eigenvalue weighted by atomic mass is 10.0. The highest BCUT2D eigenvalue weighted by atomic mass is 32.1. The first kappa shape index (κ1) is 14.2. The van der Waals surface area contributed by atoms with E-state index in [1.54, 1.807) is 6.20 Å². The summed E-state index contributed by atoms with van der Waals surface area (Å²) in [5.41, 5.74) is 8.58. The van der Waals surface area contributed by atoms with Crippen LogP contribution in [0.15, 0.2) is 30.5 Å². The lowest BCUT2D eigenvalue weighted by molar-refractivity contribution is 0.0595. The van der Waals surface area contributed by atoms with Gasteiger partial charge in [-0.2, -0.15) is 0 Å². The van der Waals surface area contributed by atoms with E-state index in [4.69, 9.17) is 22.7 Å². The zero-order chi connectivity index (χ0) is 14.7. The standard InChI is InChI=1S/C16H19N3OS/c17-16(21)13-9-18-14-6-2-1-5-12(14)15(13)19-8-11-4-3-7-20-10-11/h1-2,5-6,9,11H,3-4,7-8,10H2,(H2,17,21)(H,18,19). The molecule has 0 bridgehead atoms. The summed E-state index contributed by atoms with van der Waals surface area (Å²) in [6, 6.07) is 8.02. The normalized spacial score (nSPS) is 18.6. The van der Waals surface area contributed by atoms with E-state index >= 15 is 0 Å². The molecular weight excluding hydrogens is 282 g/mol. The van der Waals surface area contributed by atoms with Crippen LogP contribution in [-0.4, -0.2) is 29.7 Å². The largest absolute Gasteiger partial charge is 0.389 e. The molecule has 3 rings (SSSR count). The number of aromatic nitrogens is 1. The molecule has 110 valence electrons. The maximum Gasteiger partial charge on any atom is 0.107 e. The number of ether oxygens (including phenoxy) is 1. The molecule has 21 heavy (non-hydrogen) atoms. The van der Waals surface area contributed by atoms with Gasteiger partial charge in [-0.15, -0.1) is 0 Å². The number of pyridine rings is 1. The first-order chi connectivity index (χ1) is 10.3. The van der Waals surface area contributed by atoms with Gasteiger partial charge < -0.3 is 15.8 Å². The fraction of sp³-hybridized carbons (Fsp3) is 0.375. The molecule has 0 amide bonds. The smallest absolute Gasteiger partial charge is 0.107 e. The zero-order valence-corrected chi connectivity index (χ0v) is 12.7. The molecule has 0 aliphatic carbocycles. The van der Waals surface area contributed by atoms with Crippen molar-refractivity contribution in [3.05, 3.63) is 36.0 Å². The van der Waals surface area contributed by atoms with Gasteiger partial charge in [-0.05, 0) is 24.8 Å². The average molecular weight is 301 g/mol. The van der Waals surface area contributed by atoms with Crippen LogP contribution in [0.2, 0.25) is 0 Å². The van der Waals surface area contributed by atoms with Crippen molar-refractivity contribution in [1.82, 2.24) is 4.98 Å². The van der Waals surface area contributed by atoms with Crippen molar-refractivity contribution < 1.29 is 4.74 Å². The second-order valence-electron chi connectivity index (χ2n) is 5.39. The van der Waals surface area contributed by atoms with Gasteiger partial charge >= 0.3 is 0 Å². The molecule has 1 aromatic heterocycles. The third kappa shape index (κ3) is 3.14. The molecule has 4 nitrogen and oxygen atoms in total. The topological polar surface area (TPSA) is 60.2 Å². The molecule has 0 radical (unpaired) electrons. The summed E-state index contributed by atoms with van der Waals surface area (Å²) in [5, 5.41) is 4.57. The van der Waals surface area contributed by atoms with Crippen LogP contribution in [0, 0.1) is 5.92 Å². The Morgan fingerprint density at radius 2 is 2.29 bits per heavy atom. The van der Waals surface area contributed by atoms with Crippen LogP contribution in [0.3, 0.4) is 0 Å². The van der Waals surface area contributed by atoms with Crippen LogP contribution in [0.4, 0.5) is 5.69 Å². The number of nitrogens with one attached hydrogen (secondary N) is 1. The molecule has 1 aromatic carbocycles. The van der Waals surface area contributed by atoms with Gasteiger partial charge in [-0.25, -0.2) is 0 Å². The lowest BCUT2D eigenvalue weighted by Gasteiger charge is -2.23. The minimum Gasteiger partial charge on any atom is -0.389 e. The number of nitrogens with zero attached hydrogens (tertiary/aromatic N) is 1. The lowest BCUT2D eigenvalue weighted by Crippen LogP contribution is -2.25. The minimum absolute atomic E-state index is 0.371. The Labute approximate surface area is 129 Å². The highest BCUT2D eigenvalue weighted by Crippen LogP contribution is 2.26. The van der Waals surface area contributed by atoms with Gasteiger partial charge in [-0.1, -0.05) is 30.4 Å². The Bertz CT molecular complexity index is 653. The summed E-state index contributed by atoms with van der Waals surface area (Å²) < 4.78 is 5.53. The number of anilines is 1. The summed E-state index contributed by atoms with van der Waals surface area (Å²) in [4.78, 5) is 4.80. The van der Waals surface area contributed by atoms with Gasteiger partial charge in [0.25, 0.3) is 0 Å².